The fraction of sp³-hybridized carbons (Fsp3) is 0.100. The van der Waals surface area contributed by atoms with E-state index in [9.17, 15) is 4.79 Å². The van der Waals surface area contributed by atoms with Gasteiger partial charge in [0, 0.05) is 14.1 Å². The van der Waals surface area contributed by atoms with Crippen LogP contribution in [0.4, 0.5) is 0 Å². The maximum atomic E-state index is 10.4. The largest absolute Gasteiger partial charge is 0.478 e. The Labute approximate surface area is 104 Å². The second-order valence-electron chi connectivity index (χ2n) is 2.77. The molecule has 0 spiro atoms. The van der Waals surface area contributed by atoms with Crippen molar-refractivity contribution >= 4 is 50.6 Å². The smallest absolute Gasteiger partial charge is 0.328 e. The molecule has 0 aromatic heterocycles. The molecule has 0 atom stereocenters. The summed E-state index contributed by atoms with van der Waals surface area (Å²) in [5.41, 5.74) is 2.01. The van der Waals surface area contributed by atoms with Crippen LogP contribution in [0, 0.1) is 10.5 Å². The number of carbonyl (C=O) groups is 1. The molecule has 0 heterocycles. The Morgan fingerprint density at radius 1 is 1.57 bits per heavy atom. The zero-order valence-electron chi connectivity index (χ0n) is 7.42. The second kappa shape index (κ2) is 4.93. The van der Waals surface area contributed by atoms with E-state index in [1.165, 1.54) is 0 Å². The number of aliphatic carboxylic acids is 1. The SMILES string of the molecule is Cc1c(I)cc(Br)cc1/C=C/C(=O)O. The molecule has 0 aliphatic rings. The van der Waals surface area contributed by atoms with E-state index < -0.39 is 5.97 Å². The monoisotopic (exact) mass is 366 g/mol. The molecule has 0 fully saturated rings. The van der Waals surface area contributed by atoms with Crippen molar-refractivity contribution in [3.05, 3.63) is 37.4 Å². The van der Waals surface area contributed by atoms with E-state index in [0.717, 1.165) is 25.2 Å². The van der Waals surface area contributed by atoms with Crippen molar-refractivity contribution in [1.29, 1.82) is 0 Å². The third-order valence-electron chi connectivity index (χ3n) is 1.75. The predicted molar refractivity (Wildman–Crippen MR) is 68.3 cm³/mol. The minimum Gasteiger partial charge on any atom is -0.478 e. The number of hydrogen-bond acceptors (Lipinski definition) is 1. The molecular weight excluding hydrogens is 359 g/mol. The lowest BCUT2D eigenvalue weighted by Crippen LogP contribution is -1.89. The van der Waals surface area contributed by atoms with Gasteiger partial charge >= 0.3 is 5.97 Å². The lowest BCUT2D eigenvalue weighted by atomic mass is 10.1. The molecule has 0 saturated carbocycles. The Kier molecular flexibility index (Phi) is 4.12. The van der Waals surface area contributed by atoms with E-state index in [0.29, 0.717) is 0 Å². The molecule has 1 rings (SSSR count). The van der Waals surface area contributed by atoms with Gasteiger partial charge in [-0.2, -0.15) is 0 Å². The average Bonchev–Trinajstić information content (AvgIpc) is 2.08. The highest BCUT2D eigenvalue weighted by Crippen LogP contribution is 2.23. The van der Waals surface area contributed by atoms with Crippen LogP contribution in [0.1, 0.15) is 11.1 Å². The van der Waals surface area contributed by atoms with Crippen LogP contribution in [0.15, 0.2) is 22.7 Å². The molecule has 0 unspecified atom stereocenters. The first kappa shape index (κ1) is 11.7. The van der Waals surface area contributed by atoms with Crippen LogP contribution in [-0.4, -0.2) is 11.1 Å². The van der Waals surface area contributed by atoms with Crippen LogP contribution in [0.2, 0.25) is 0 Å². The summed E-state index contributed by atoms with van der Waals surface area (Å²) in [6.45, 7) is 1.97. The van der Waals surface area contributed by atoms with Crippen LogP contribution in [0.5, 0.6) is 0 Å². The van der Waals surface area contributed by atoms with Gasteiger partial charge in [0.25, 0.3) is 0 Å². The molecule has 1 aromatic rings. The molecule has 0 amide bonds. The number of carboxylic acids is 1. The summed E-state index contributed by atoms with van der Waals surface area (Å²) in [4.78, 5) is 10.4. The van der Waals surface area contributed by atoms with Crippen molar-refractivity contribution in [2.24, 2.45) is 0 Å². The van der Waals surface area contributed by atoms with Gasteiger partial charge in [-0.05, 0) is 58.9 Å². The molecular formula is C10H8BrIO2. The standard InChI is InChI=1S/C10H8BrIO2/c1-6-7(2-3-10(13)14)4-8(11)5-9(6)12/h2-5H,1H3,(H,13,14)/b3-2+. The number of hydrogen-bond donors (Lipinski definition) is 1. The topological polar surface area (TPSA) is 37.3 Å². The third-order valence-corrected chi connectivity index (χ3v) is 3.33. The van der Waals surface area contributed by atoms with Gasteiger partial charge in [-0.3, -0.25) is 0 Å². The first-order valence-corrected chi connectivity index (χ1v) is 5.74. The highest BCUT2D eigenvalue weighted by Gasteiger charge is 2.01. The molecule has 2 nitrogen and oxygen atoms in total. The van der Waals surface area contributed by atoms with E-state index in [4.69, 9.17) is 5.11 Å². The van der Waals surface area contributed by atoms with Gasteiger partial charge in [0.15, 0.2) is 0 Å². The van der Waals surface area contributed by atoms with Crippen LogP contribution >= 0.6 is 38.5 Å². The van der Waals surface area contributed by atoms with Gasteiger partial charge in [-0.25, -0.2) is 4.79 Å². The molecule has 1 aromatic carbocycles. The zero-order valence-corrected chi connectivity index (χ0v) is 11.2. The van der Waals surface area contributed by atoms with E-state index in [-0.39, 0.29) is 0 Å². The summed E-state index contributed by atoms with van der Waals surface area (Å²) in [6, 6.07) is 3.89. The minimum atomic E-state index is -0.931. The van der Waals surface area contributed by atoms with E-state index in [1.54, 1.807) is 6.08 Å². The maximum Gasteiger partial charge on any atom is 0.328 e. The summed E-state index contributed by atoms with van der Waals surface area (Å²) in [5, 5.41) is 8.50. The lowest BCUT2D eigenvalue weighted by molar-refractivity contribution is -0.131. The highest BCUT2D eigenvalue weighted by atomic mass is 127. The number of benzene rings is 1. The molecule has 0 saturated heterocycles. The quantitative estimate of drug-likeness (QED) is 0.642. The van der Waals surface area contributed by atoms with Gasteiger partial charge in [-0.15, -0.1) is 0 Å². The molecule has 0 aliphatic carbocycles. The van der Waals surface area contributed by atoms with Crippen molar-refractivity contribution < 1.29 is 9.90 Å². The number of carboxylic acid groups (broad SMARTS) is 1. The van der Waals surface area contributed by atoms with Crippen LogP contribution in [0.25, 0.3) is 6.08 Å². The third kappa shape index (κ3) is 3.09. The first-order chi connectivity index (χ1) is 6.50. The molecule has 0 aliphatic heterocycles. The summed E-state index contributed by atoms with van der Waals surface area (Å²) >= 11 is 5.59. The second-order valence-corrected chi connectivity index (χ2v) is 4.85. The molecule has 1 N–H and O–H groups in total. The van der Waals surface area contributed by atoms with Gasteiger partial charge in [0.1, 0.15) is 0 Å². The van der Waals surface area contributed by atoms with Crippen molar-refractivity contribution in [2.75, 3.05) is 0 Å². The Morgan fingerprint density at radius 2 is 2.21 bits per heavy atom. The number of rotatable bonds is 2. The van der Waals surface area contributed by atoms with Crippen molar-refractivity contribution in [3.63, 3.8) is 0 Å². The maximum absolute atomic E-state index is 10.4. The van der Waals surface area contributed by atoms with Gasteiger partial charge in [0.2, 0.25) is 0 Å². The van der Waals surface area contributed by atoms with E-state index >= 15 is 0 Å². The van der Waals surface area contributed by atoms with Crippen LogP contribution < -0.4 is 0 Å². The first-order valence-electron chi connectivity index (χ1n) is 3.87. The zero-order chi connectivity index (χ0) is 10.7. The summed E-state index contributed by atoms with van der Waals surface area (Å²) in [5.74, 6) is -0.931. The van der Waals surface area contributed by atoms with Crippen molar-refractivity contribution in [1.82, 2.24) is 0 Å². The Morgan fingerprint density at radius 3 is 2.79 bits per heavy atom. The van der Waals surface area contributed by atoms with Gasteiger partial charge in [0.05, 0.1) is 0 Å². The molecule has 4 heteroatoms. The summed E-state index contributed by atoms with van der Waals surface area (Å²) < 4.78 is 2.07. The van der Waals surface area contributed by atoms with Crippen LogP contribution in [0.3, 0.4) is 0 Å². The molecule has 0 radical (unpaired) electrons. The van der Waals surface area contributed by atoms with E-state index in [2.05, 4.69) is 38.5 Å². The predicted octanol–water partition coefficient (Wildman–Crippen LogP) is 3.46. The fourth-order valence-electron chi connectivity index (χ4n) is 1.000. The Hall–Kier alpha value is -0.360. The fourth-order valence-corrected chi connectivity index (χ4v) is 2.55. The number of halogens is 2. The summed E-state index contributed by atoms with van der Waals surface area (Å²) in [6.07, 6.45) is 2.75. The van der Waals surface area contributed by atoms with Crippen LogP contribution in [-0.2, 0) is 4.79 Å². The highest BCUT2D eigenvalue weighted by molar-refractivity contribution is 14.1. The molecule has 0 bridgehead atoms. The minimum absolute atomic E-state index is 0.922. The summed E-state index contributed by atoms with van der Waals surface area (Å²) in [7, 11) is 0. The Bertz CT molecular complexity index is 399. The average molecular weight is 367 g/mol. The molecule has 74 valence electrons. The van der Waals surface area contributed by atoms with Crippen molar-refractivity contribution in [3.8, 4) is 0 Å². The Balaban J connectivity index is 3.14. The lowest BCUT2D eigenvalue weighted by Gasteiger charge is -2.03. The normalized spacial score (nSPS) is 10.8. The van der Waals surface area contributed by atoms with Gasteiger partial charge in [-0.1, -0.05) is 15.9 Å². The van der Waals surface area contributed by atoms with Gasteiger partial charge < -0.3 is 5.11 Å². The molecule has 14 heavy (non-hydrogen) atoms. The van der Waals surface area contributed by atoms with Crippen molar-refractivity contribution in [2.45, 2.75) is 6.92 Å². The van der Waals surface area contributed by atoms with E-state index in [1.807, 2.05) is 19.1 Å².